The summed E-state index contributed by atoms with van der Waals surface area (Å²) in [5.74, 6) is 0. The van der Waals surface area contributed by atoms with E-state index in [4.69, 9.17) is 10.9 Å². The Hall–Kier alpha value is -2.45. The lowest BCUT2D eigenvalue weighted by molar-refractivity contribution is 0.598. The zero-order valence-corrected chi connectivity index (χ0v) is 11.1. The first-order valence-corrected chi connectivity index (χ1v) is 7.24. The number of hydrogen-bond acceptors (Lipinski definition) is 5. The van der Waals surface area contributed by atoms with Gasteiger partial charge in [-0.15, -0.1) is 5.10 Å². The molecule has 0 aliphatic carbocycles. The van der Waals surface area contributed by atoms with E-state index in [1.165, 1.54) is 12.1 Å². The van der Waals surface area contributed by atoms with E-state index < -0.39 is 10.0 Å². The minimum atomic E-state index is -3.78. The zero-order valence-electron chi connectivity index (χ0n) is 10.3. The quantitative estimate of drug-likeness (QED) is 0.672. The van der Waals surface area contributed by atoms with Crippen LogP contribution in [0, 0.1) is 0 Å². The second-order valence-corrected chi connectivity index (χ2v) is 5.82. The Balaban J connectivity index is 2.21. The molecule has 4 N–H and O–H groups in total. The maximum absolute atomic E-state index is 11.3. The van der Waals surface area contributed by atoms with Crippen molar-refractivity contribution in [2.75, 3.05) is 5.73 Å². The highest BCUT2D eigenvalue weighted by molar-refractivity contribution is 7.89. The summed E-state index contributed by atoms with van der Waals surface area (Å²) in [4.78, 5) is -0.0387. The molecule has 0 saturated heterocycles. The number of primary sulfonamides is 1. The first-order chi connectivity index (χ1) is 9.47. The van der Waals surface area contributed by atoms with Gasteiger partial charge in [0.2, 0.25) is 10.0 Å². The summed E-state index contributed by atoms with van der Waals surface area (Å²) in [6.07, 6.45) is 0. The Labute approximate surface area is 114 Å². The number of sulfonamides is 1. The standard InChI is InChI=1S/C12H11N5O2S/c13-9-7-8(20(14,18)19)5-6-11(9)17-12-4-2-1-3-10(12)15-16-17/h1-7H,13H2,(H2,14,18,19). The van der Waals surface area contributed by atoms with Gasteiger partial charge in [-0.2, -0.15) is 0 Å². The number of hydrogen-bond donors (Lipinski definition) is 2. The van der Waals surface area contributed by atoms with Crippen molar-refractivity contribution in [2.45, 2.75) is 4.90 Å². The molecule has 20 heavy (non-hydrogen) atoms. The molecule has 1 heterocycles. The third-order valence-electron chi connectivity index (χ3n) is 2.91. The van der Waals surface area contributed by atoms with Crippen molar-refractivity contribution in [2.24, 2.45) is 5.14 Å². The molecule has 0 bridgehead atoms. The maximum Gasteiger partial charge on any atom is 0.238 e. The van der Waals surface area contributed by atoms with E-state index in [1.807, 2.05) is 24.3 Å². The summed E-state index contributed by atoms with van der Waals surface area (Å²) >= 11 is 0. The van der Waals surface area contributed by atoms with Crippen molar-refractivity contribution in [1.82, 2.24) is 15.0 Å². The van der Waals surface area contributed by atoms with Crippen LogP contribution in [0.15, 0.2) is 47.4 Å². The molecule has 3 rings (SSSR count). The zero-order chi connectivity index (χ0) is 14.3. The molecule has 0 atom stereocenters. The van der Waals surface area contributed by atoms with Gasteiger partial charge < -0.3 is 5.73 Å². The van der Waals surface area contributed by atoms with Gasteiger partial charge in [-0.3, -0.25) is 0 Å². The Bertz CT molecular complexity index is 901. The van der Waals surface area contributed by atoms with Crippen molar-refractivity contribution in [1.29, 1.82) is 0 Å². The smallest absolute Gasteiger partial charge is 0.238 e. The van der Waals surface area contributed by atoms with Crippen LogP contribution >= 0.6 is 0 Å². The van der Waals surface area contributed by atoms with Crippen molar-refractivity contribution >= 4 is 26.7 Å². The van der Waals surface area contributed by atoms with E-state index >= 15 is 0 Å². The SMILES string of the molecule is Nc1cc(S(N)(=O)=O)ccc1-n1nnc2ccccc21. The molecule has 102 valence electrons. The van der Waals surface area contributed by atoms with Crippen molar-refractivity contribution in [3.05, 3.63) is 42.5 Å². The molecule has 8 heteroatoms. The minimum absolute atomic E-state index is 0.0387. The summed E-state index contributed by atoms with van der Waals surface area (Å²) in [5.41, 5.74) is 8.20. The number of nitrogens with two attached hydrogens (primary N) is 2. The highest BCUT2D eigenvalue weighted by Gasteiger charge is 2.13. The van der Waals surface area contributed by atoms with Gasteiger partial charge in [-0.25, -0.2) is 18.2 Å². The fraction of sp³-hybridized carbons (Fsp3) is 0. The number of benzene rings is 2. The number of aromatic nitrogens is 3. The van der Waals surface area contributed by atoms with Gasteiger partial charge in [0.1, 0.15) is 5.52 Å². The van der Waals surface area contributed by atoms with Crippen molar-refractivity contribution in [3.63, 3.8) is 0 Å². The van der Waals surface area contributed by atoms with Crippen molar-refractivity contribution < 1.29 is 8.42 Å². The fourth-order valence-corrected chi connectivity index (χ4v) is 2.50. The summed E-state index contributed by atoms with van der Waals surface area (Å²) in [6.45, 7) is 0. The first-order valence-electron chi connectivity index (χ1n) is 5.70. The molecule has 0 fully saturated rings. The van der Waals surface area contributed by atoms with Crippen LogP contribution in [0.1, 0.15) is 0 Å². The van der Waals surface area contributed by atoms with Crippen LogP contribution in [0.5, 0.6) is 0 Å². The first kappa shape index (κ1) is 12.6. The van der Waals surface area contributed by atoms with E-state index in [1.54, 1.807) is 10.7 Å². The highest BCUT2D eigenvalue weighted by Crippen LogP contribution is 2.23. The van der Waals surface area contributed by atoms with Gasteiger partial charge in [0, 0.05) is 0 Å². The van der Waals surface area contributed by atoms with E-state index in [9.17, 15) is 8.42 Å². The van der Waals surface area contributed by atoms with E-state index in [2.05, 4.69) is 10.3 Å². The summed E-state index contributed by atoms with van der Waals surface area (Å²) in [6, 6.07) is 11.6. The average Bonchev–Trinajstić information content (AvgIpc) is 2.81. The molecular weight excluding hydrogens is 278 g/mol. The summed E-state index contributed by atoms with van der Waals surface area (Å²) < 4.78 is 24.1. The molecule has 0 amide bonds. The van der Waals surface area contributed by atoms with Crippen LogP contribution in [0.2, 0.25) is 0 Å². The maximum atomic E-state index is 11.3. The number of fused-ring (bicyclic) bond motifs is 1. The lowest BCUT2D eigenvalue weighted by atomic mass is 10.2. The molecule has 0 aliphatic rings. The van der Waals surface area contributed by atoms with Gasteiger partial charge in [0.05, 0.1) is 21.8 Å². The molecule has 2 aromatic carbocycles. The van der Waals surface area contributed by atoms with Gasteiger partial charge in [-0.05, 0) is 30.3 Å². The van der Waals surface area contributed by atoms with Crippen LogP contribution in [-0.2, 0) is 10.0 Å². The Morgan fingerprint density at radius 3 is 2.55 bits per heavy atom. The number of rotatable bonds is 2. The summed E-state index contributed by atoms with van der Waals surface area (Å²) in [7, 11) is -3.78. The van der Waals surface area contributed by atoms with Gasteiger partial charge >= 0.3 is 0 Å². The fourth-order valence-electron chi connectivity index (χ4n) is 1.95. The Morgan fingerprint density at radius 2 is 1.85 bits per heavy atom. The second-order valence-electron chi connectivity index (χ2n) is 4.26. The monoisotopic (exact) mass is 289 g/mol. The van der Waals surface area contributed by atoms with E-state index in [-0.39, 0.29) is 10.6 Å². The Morgan fingerprint density at radius 1 is 1.10 bits per heavy atom. The van der Waals surface area contributed by atoms with Gasteiger partial charge in [0.25, 0.3) is 0 Å². The third kappa shape index (κ3) is 2.00. The lowest BCUT2D eigenvalue weighted by Gasteiger charge is -2.07. The topological polar surface area (TPSA) is 117 Å². The van der Waals surface area contributed by atoms with Crippen LogP contribution in [0.25, 0.3) is 16.7 Å². The highest BCUT2D eigenvalue weighted by atomic mass is 32.2. The number of nitrogen functional groups attached to an aromatic ring is 1. The van der Waals surface area contributed by atoms with E-state index in [0.717, 1.165) is 11.0 Å². The molecule has 1 aromatic heterocycles. The van der Waals surface area contributed by atoms with Gasteiger partial charge in [0.15, 0.2) is 0 Å². The number of nitrogens with zero attached hydrogens (tertiary/aromatic N) is 3. The van der Waals surface area contributed by atoms with Crippen molar-refractivity contribution in [3.8, 4) is 5.69 Å². The van der Waals surface area contributed by atoms with Crippen LogP contribution < -0.4 is 10.9 Å². The predicted octanol–water partition coefficient (Wildman–Crippen LogP) is 0.650. The predicted molar refractivity (Wildman–Crippen MR) is 74.7 cm³/mol. The number of anilines is 1. The number of para-hydroxylation sites is 1. The molecular formula is C12H11N5O2S. The van der Waals surface area contributed by atoms with Crippen LogP contribution in [-0.4, -0.2) is 23.4 Å². The average molecular weight is 289 g/mol. The third-order valence-corrected chi connectivity index (χ3v) is 3.82. The van der Waals surface area contributed by atoms with Gasteiger partial charge in [-0.1, -0.05) is 17.3 Å². The molecule has 0 aliphatic heterocycles. The summed E-state index contributed by atoms with van der Waals surface area (Å²) in [5, 5.41) is 13.1. The molecule has 0 saturated carbocycles. The lowest BCUT2D eigenvalue weighted by Crippen LogP contribution is -2.13. The molecule has 0 unspecified atom stereocenters. The molecule has 7 nitrogen and oxygen atoms in total. The minimum Gasteiger partial charge on any atom is -0.397 e. The van der Waals surface area contributed by atoms with Crippen LogP contribution in [0.3, 0.4) is 0 Å². The second kappa shape index (κ2) is 4.29. The van der Waals surface area contributed by atoms with Crippen LogP contribution in [0.4, 0.5) is 5.69 Å². The Kier molecular flexibility index (Phi) is 2.70. The van der Waals surface area contributed by atoms with E-state index in [0.29, 0.717) is 5.69 Å². The normalized spacial score (nSPS) is 11.8. The molecule has 0 spiro atoms. The molecule has 0 radical (unpaired) electrons. The largest absolute Gasteiger partial charge is 0.397 e. The molecule has 3 aromatic rings.